The largest absolute Gasteiger partial charge is 0.456 e. The Morgan fingerprint density at radius 2 is 1.00 bits per heavy atom. The van der Waals surface area contributed by atoms with Gasteiger partial charge in [-0.25, -0.2) is 19.9 Å². The molecule has 0 N–H and O–H groups in total. The molecule has 0 radical (unpaired) electrons. The van der Waals surface area contributed by atoms with Crippen molar-refractivity contribution in [2.75, 3.05) is 0 Å². The molecule has 58 heavy (non-hydrogen) atoms. The molecule has 12 rings (SSSR count). The summed E-state index contributed by atoms with van der Waals surface area (Å²) in [7, 11) is 0. The van der Waals surface area contributed by atoms with Crippen LogP contribution in [0.5, 0.6) is 0 Å². The Morgan fingerprint density at radius 3 is 1.84 bits per heavy atom. The number of rotatable bonds is 5. The van der Waals surface area contributed by atoms with E-state index in [1.165, 1.54) is 15.5 Å². The van der Waals surface area contributed by atoms with Gasteiger partial charge in [-0.3, -0.25) is 0 Å². The summed E-state index contributed by atoms with van der Waals surface area (Å²) in [5.41, 5.74) is 9.48. The molecule has 4 heterocycles. The zero-order chi connectivity index (χ0) is 38.2. The second kappa shape index (κ2) is 13.0. The highest BCUT2D eigenvalue weighted by atomic mass is 32.1. The van der Waals surface area contributed by atoms with E-state index < -0.39 is 0 Å². The molecule has 5 nitrogen and oxygen atoms in total. The Morgan fingerprint density at radius 1 is 0.379 bits per heavy atom. The second-order valence-corrected chi connectivity index (χ2v) is 15.6. The Hall–Kier alpha value is -7.54. The molecule has 0 aliphatic heterocycles. The summed E-state index contributed by atoms with van der Waals surface area (Å²) < 4.78 is 9.07. The minimum atomic E-state index is 0.605. The number of benzene rings is 8. The molecule has 0 spiro atoms. The number of aromatic nitrogens is 4. The summed E-state index contributed by atoms with van der Waals surface area (Å²) in [5, 5.41) is 7.80. The van der Waals surface area contributed by atoms with Gasteiger partial charge < -0.3 is 4.42 Å². The fourth-order valence-electron chi connectivity index (χ4n) is 8.50. The van der Waals surface area contributed by atoms with Crippen LogP contribution in [0.3, 0.4) is 0 Å². The zero-order valence-electron chi connectivity index (χ0n) is 30.9. The maximum Gasteiger partial charge on any atom is 0.165 e. The van der Waals surface area contributed by atoms with E-state index >= 15 is 0 Å². The van der Waals surface area contributed by atoms with Crippen LogP contribution in [0.1, 0.15) is 0 Å². The quantitative estimate of drug-likeness (QED) is 0.164. The molecular weight excluding hydrogens is 729 g/mol. The van der Waals surface area contributed by atoms with Crippen LogP contribution < -0.4 is 0 Å². The highest BCUT2D eigenvalue weighted by Crippen LogP contribution is 2.47. The molecule has 0 fully saturated rings. The molecule has 0 saturated heterocycles. The predicted molar refractivity (Wildman–Crippen MR) is 240 cm³/mol. The highest BCUT2D eigenvalue weighted by molar-refractivity contribution is 7.26. The topological polar surface area (TPSA) is 64.7 Å². The first kappa shape index (κ1) is 32.7. The van der Waals surface area contributed by atoms with Crippen molar-refractivity contribution in [1.29, 1.82) is 0 Å². The van der Waals surface area contributed by atoms with Gasteiger partial charge in [0.05, 0.1) is 11.2 Å². The van der Waals surface area contributed by atoms with Gasteiger partial charge >= 0.3 is 0 Å². The van der Waals surface area contributed by atoms with E-state index in [1.54, 1.807) is 11.3 Å². The maximum atomic E-state index is 6.67. The van der Waals surface area contributed by atoms with E-state index in [9.17, 15) is 0 Å². The second-order valence-electron chi connectivity index (χ2n) is 14.5. The first-order chi connectivity index (χ1) is 28.7. The molecule has 0 atom stereocenters. The lowest BCUT2D eigenvalue weighted by atomic mass is 9.89. The average Bonchev–Trinajstić information content (AvgIpc) is 3.87. The van der Waals surface area contributed by atoms with E-state index in [2.05, 4.69) is 146 Å². The van der Waals surface area contributed by atoms with E-state index in [4.69, 9.17) is 24.4 Å². The van der Waals surface area contributed by atoms with Crippen molar-refractivity contribution >= 4 is 75.1 Å². The standard InChI is InChI=1S/C52H30N4OS/c1-3-15-31(16-4-1)48-40-30-43-47(38-23-8-11-27-42(38)57-43)45(46(40)37-22-7-10-26-41(37)53-48)33-19-13-20-34(29-33)51-54-50(32-17-5-2-6-18-32)55-52(56-51)39-25-14-24-36-35-21-9-12-28-44(35)58-49(36)39/h1-30H. The smallest absolute Gasteiger partial charge is 0.165 e. The van der Waals surface area contributed by atoms with E-state index in [0.717, 1.165) is 87.4 Å². The van der Waals surface area contributed by atoms with Crippen LogP contribution in [-0.4, -0.2) is 19.9 Å². The van der Waals surface area contributed by atoms with Gasteiger partial charge in [-0.05, 0) is 42.0 Å². The average molecular weight is 759 g/mol. The number of pyridine rings is 1. The van der Waals surface area contributed by atoms with Crippen molar-refractivity contribution in [3.8, 4) is 56.5 Å². The van der Waals surface area contributed by atoms with Crippen molar-refractivity contribution in [1.82, 2.24) is 19.9 Å². The molecular formula is C52H30N4OS. The van der Waals surface area contributed by atoms with Crippen LogP contribution in [0.2, 0.25) is 0 Å². The third-order valence-electron chi connectivity index (χ3n) is 11.1. The van der Waals surface area contributed by atoms with Gasteiger partial charge in [-0.15, -0.1) is 11.3 Å². The van der Waals surface area contributed by atoms with Crippen LogP contribution >= 0.6 is 11.3 Å². The monoisotopic (exact) mass is 758 g/mol. The van der Waals surface area contributed by atoms with Crippen LogP contribution in [-0.2, 0) is 0 Å². The summed E-state index contributed by atoms with van der Waals surface area (Å²) >= 11 is 1.78. The third-order valence-corrected chi connectivity index (χ3v) is 12.3. The minimum Gasteiger partial charge on any atom is -0.456 e. The number of fused-ring (bicyclic) bond motifs is 9. The van der Waals surface area contributed by atoms with Crippen molar-refractivity contribution in [2.45, 2.75) is 0 Å². The fraction of sp³-hybridized carbons (Fsp3) is 0. The molecule has 0 amide bonds. The van der Waals surface area contributed by atoms with Gasteiger partial charge in [-0.2, -0.15) is 0 Å². The Kier molecular flexibility index (Phi) is 7.33. The summed E-state index contributed by atoms with van der Waals surface area (Å²) in [5.74, 6) is 1.88. The summed E-state index contributed by atoms with van der Waals surface area (Å²) in [4.78, 5) is 20.9. The molecule has 270 valence electrons. The SMILES string of the molecule is c1ccc(-c2nc(-c3cccc(-c4c5c(cc6c(-c7ccccc7)nc7ccccc7c46)oc4ccccc45)c3)nc(-c3cccc4c3sc3ccccc34)n2)cc1. The Labute approximate surface area is 336 Å². The first-order valence-electron chi connectivity index (χ1n) is 19.3. The predicted octanol–water partition coefficient (Wildman–Crippen LogP) is 14.2. The molecule has 0 aliphatic rings. The summed E-state index contributed by atoms with van der Waals surface area (Å²) in [6, 6.07) is 63.1. The number of nitrogens with zero attached hydrogens (tertiary/aromatic N) is 4. The third kappa shape index (κ3) is 5.16. The number of para-hydroxylation sites is 2. The van der Waals surface area contributed by atoms with E-state index in [0.29, 0.717) is 17.5 Å². The number of hydrogen-bond donors (Lipinski definition) is 0. The van der Waals surface area contributed by atoms with Crippen molar-refractivity contribution in [3.63, 3.8) is 0 Å². The van der Waals surface area contributed by atoms with Crippen LogP contribution in [0.15, 0.2) is 186 Å². The van der Waals surface area contributed by atoms with Gasteiger partial charge in [0.1, 0.15) is 11.2 Å². The molecule has 8 aromatic carbocycles. The molecule has 12 aromatic rings. The fourth-order valence-corrected chi connectivity index (χ4v) is 9.71. The van der Waals surface area contributed by atoms with Crippen molar-refractivity contribution in [3.05, 3.63) is 182 Å². The van der Waals surface area contributed by atoms with Gasteiger partial charge in [0.25, 0.3) is 0 Å². The summed E-state index contributed by atoms with van der Waals surface area (Å²) in [6.45, 7) is 0. The molecule has 0 saturated carbocycles. The molecule has 6 heteroatoms. The molecule has 0 bridgehead atoms. The minimum absolute atomic E-state index is 0.605. The molecule has 0 unspecified atom stereocenters. The van der Waals surface area contributed by atoms with E-state index in [-0.39, 0.29) is 0 Å². The van der Waals surface area contributed by atoms with Gasteiger partial charge in [-0.1, -0.05) is 146 Å². The zero-order valence-corrected chi connectivity index (χ0v) is 31.7. The van der Waals surface area contributed by atoms with Crippen molar-refractivity contribution in [2.24, 2.45) is 0 Å². The van der Waals surface area contributed by atoms with Crippen LogP contribution in [0, 0.1) is 0 Å². The lowest BCUT2D eigenvalue weighted by molar-refractivity contribution is 0.669. The van der Waals surface area contributed by atoms with Gasteiger partial charge in [0.2, 0.25) is 0 Å². The Balaban J connectivity index is 1.15. The first-order valence-corrected chi connectivity index (χ1v) is 20.1. The van der Waals surface area contributed by atoms with Gasteiger partial charge in [0.15, 0.2) is 17.5 Å². The summed E-state index contributed by atoms with van der Waals surface area (Å²) in [6.07, 6.45) is 0. The van der Waals surface area contributed by atoms with Gasteiger partial charge in [0, 0.05) is 74.9 Å². The molecule has 4 aromatic heterocycles. The maximum absolute atomic E-state index is 6.67. The highest BCUT2D eigenvalue weighted by Gasteiger charge is 2.23. The lowest BCUT2D eigenvalue weighted by Crippen LogP contribution is -2.00. The normalized spacial score (nSPS) is 11.8. The number of furan rings is 1. The number of hydrogen-bond acceptors (Lipinski definition) is 6. The molecule has 0 aliphatic carbocycles. The van der Waals surface area contributed by atoms with Crippen LogP contribution in [0.4, 0.5) is 0 Å². The van der Waals surface area contributed by atoms with Crippen LogP contribution in [0.25, 0.3) is 120 Å². The Bertz CT molecular complexity index is 3570. The van der Waals surface area contributed by atoms with E-state index in [1.807, 2.05) is 36.4 Å². The van der Waals surface area contributed by atoms with Crippen molar-refractivity contribution < 1.29 is 4.42 Å². The number of thiophene rings is 1. The lowest BCUT2D eigenvalue weighted by Gasteiger charge is -2.16.